The second-order valence-corrected chi connectivity index (χ2v) is 5.50. The van der Waals surface area contributed by atoms with Crippen molar-refractivity contribution in [2.75, 3.05) is 5.73 Å². The number of rotatable bonds is 4. The highest BCUT2D eigenvalue weighted by atomic mass is 32.2. The number of nitrogens with zero attached hydrogens (tertiary/aromatic N) is 2. The molecule has 2 N–H and O–H groups in total. The second-order valence-electron chi connectivity index (χ2n) is 4.36. The van der Waals surface area contributed by atoms with Crippen LogP contribution in [0.5, 0.6) is 0 Å². The first-order chi connectivity index (χ1) is 9.81. The number of nitrogens with two attached hydrogens (primary N) is 1. The highest BCUT2D eigenvalue weighted by molar-refractivity contribution is 8.00. The Bertz CT molecular complexity index is 645. The minimum Gasteiger partial charge on any atom is -0.383 e. The Morgan fingerprint density at radius 1 is 1.33 bits per heavy atom. The summed E-state index contributed by atoms with van der Waals surface area (Å²) in [6, 6.07) is 6.00. The average molecular weight is 313 g/mol. The van der Waals surface area contributed by atoms with Crippen LogP contribution >= 0.6 is 11.8 Å². The molecule has 0 spiro atoms. The highest BCUT2D eigenvalue weighted by Crippen LogP contribution is 2.37. The van der Waals surface area contributed by atoms with Crippen molar-refractivity contribution in [3.8, 4) is 11.3 Å². The number of thioether (sulfide) groups is 1. The van der Waals surface area contributed by atoms with Crippen LogP contribution in [0.25, 0.3) is 11.3 Å². The summed E-state index contributed by atoms with van der Waals surface area (Å²) in [4.78, 5) is 4.50. The van der Waals surface area contributed by atoms with Gasteiger partial charge in [-0.1, -0.05) is 18.2 Å². The molecule has 3 nitrogen and oxygen atoms in total. The maximum atomic E-state index is 12.3. The highest BCUT2D eigenvalue weighted by Gasteiger charge is 2.29. The van der Waals surface area contributed by atoms with Gasteiger partial charge < -0.3 is 10.3 Å². The molecule has 0 bridgehead atoms. The Morgan fingerprint density at radius 2 is 1.95 bits per heavy atom. The third-order valence-electron chi connectivity index (χ3n) is 2.87. The number of hydrogen-bond acceptors (Lipinski definition) is 3. The second kappa shape index (κ2) is 5.85. The standard InChI is InChI=1S/C14H14F3N3S/c1-3-8-20-9(2)19-12(13(20)18)10-4-6-11(7-5-10)21-14(15,16)17/h3-7H,1,8,18H2,2H3. The summed E-state index contributed by atoms with van der Waals surface area (Å²) in [5.74, 6) is 1.21. The van der Waals surface area contributed by atoms with Gasteiger partial charge in [-0.15, -0.1) is 6.58 Å². The van der Waals surface area contributed by atoms with Crippen LogP contribution in [0.2, 0.25) is 0 Å². The molecule has 0 atom stereocenters. The summed E-state index contributed by atoms with van der Waals surface area (Å²) in [6.45, 7) is 6.00. The molecule has 0 fully saturated rings. The number of halogens is 3. The van der Waals surface area contributed by atoms with Crippen molar-refractivity contribution in [2.45, 2.75) is 23.9 Å². The molecule has 1 heterocycles. The van der Waals surface area contributed by atoms with Gasteiger partial charge in [-0.3, -0.25) is 0 Å². The van der Waals surface area contributed by atoms with Gasteiger partial charge in [0.15, 0.2) is 0 Å². The lowest BCUT2D eigenvalue weighted by molar-refractivity contribution is -0.0328. The summed E-state index contributed by atoms with van der Waals surface area (Å²) < 4.78 is 38.7. The van der Waals surface area contributed by atoms with E-state index in [1.165, 1.54) is 12.1 Å². The van der Waals surface area contributed by atoms with Crippen LogP contribution in [0.15, 0.2) is 41.8 Å². The molecule has 0 aliphatic carbocycles. The Kier molecular flexibility index (Phi) is 4.32. The summed E-state index contributed by atoms with van der Waals surface area (Å²) in [6.07, 6.45) is 1.71. The SMILES string of the molecule is C=CCn1c(C)nc(-c2ccc(SC(F)(F)F)cc2)c1N. The minimum absolute atomic E-state index is 0.132. The lowest BCUT2D eigenvalue weighted by atomic mass is 10.1. The van der Waals surface area contributed by atoms with Crippen LogP contribution in [-0.2, 0) is 6.54 Å². The summed E-state index contributed by atoms with van der Waals surface area (Å²) >= 11 is -0.145. The number of imidazole rings is 1. The normalized spacial score (nSPS) is 11.6. The van der Waals surface area contributed by atoms with Crippen LogP contribution in [0.4, 0.5) is 19.0 Å². The topological polar surface area (TPSA) is 43.8 Å². The molecule has 0 saturated heterocycles. The van der Waals surface area contributed by atoms with Crippen molar-refractivity contribution < 1.29 is 13.2 Å². The maximum absolute atomic E-state index is 12.3. The van der Waals surface area contributed by atoms with Crippen LogP contribution in [0.1, 0.15) is 5.82 Å². The van der Waals surface area contributed by atoms with E-state index in [1.54, 1.807) is 22.8 Å². The monoisotopic (exact) mass is 313 g/mol. The number of hydrogen-bond donors (Lipinski definition) is 1. The molecule has 7 heteroatoms. The maximum Gasteiger partial charge on any atom is 0.446 e. The van der Waals surface area contributed by atoms with Gasteiger partial charge in [0.25, 0.3) is 0 Å². The van der Waals surface area contributed by atoms with Crippen molar-refractivity contribution in [3.05, 3.63) is 42.7 Å². The molecule has 0 saturated carbocycles. The van der Waals surface area contributed by atoms with E-state index in [-0.39, 0.29) is 16.7 Å². The predicted molar refractivity (Wildman–Crippen MR) is 78.9 cm³/mol. The minimum atomic E-state index is -4.29. The molecule has 0 unspecified atom stereocenters. The number of benzene rings is 1. The number of aryl methyl sites for hydroxylation is 1. The van der Waals surface area contributed by atoms with E-state index < -0.39 is 5.51 Å². The number of allylic oxidation sites excluding steroid dienone is 1. The van der Waals surface area contributed by atoms with Gasteiger partial charge in [0.05, 0.1) is 0 Å². The van der Waals surface area contributed by atoms with Crippen molar-refractivity contribution in [1.82, 2.24) is 9.55 Å². The first kappa shape index (κ1) is 15.5. The molecule has 1 aromatic heterocycles. The van der Waals surface area contributed by atoms with E-state index in [9.17, 15) is 13.2 Å². The molecule has 1 aromatic carbocycles. The molecule has 0 aliphatic heterocycles. The molecule has 0 amide bonds. The lowest BCUT2D eigenvalue weighted by Crippen LogP contribution is -2.03. The molecular formula is C14H14F3N3S. The van der Waals surface area contributed by atoms with Crippen molar-refractivity contribution >= 4 is 17.6 Å². The summed E-state index contributed by atoms with van der Waals surface area (Å²) in [7, 11) is 0. The first-order valence-electron chi connectivity index (χ1n) is 6.11. The van der Waals surface area contributed by atoms with E-state index >= 15 is 0 Å². The number of aromatic nitrogens is 2. The molecule has 112 valence electrons. The molecular weight excluding hydrogens is 299 g/mol. The molecule has 0 aliphatic rings. The number of anilines is 1. The van der Waals surface area contributed by atoms with Gasteiger partial charge in [-0.2, -0.15) is 13.2 Å². The fourth-order valence-corrected chi connectivity index (χ4v) is 2.51. The van der Waals surface area contributed by atoms with Crippen molar-refractivity contribution in [3.63, 3.8) is 0 Å². The fourth-order valence-electron chi connectivity index (χ4n) is 1.97. The van der Waals surface area contributed by atoms with E-state index in [4.69, 9.17) is 5.73 Å². The number of nitrogen functional groups attached to an aromatic ring is 1. The first-order valence-corrected chi connectivity index (χ1v) is 6.93. The zero-order valence-electron chi connectivity index (χ0n) is 11.3. The zero-order valence-corrected chi connectivity index (χ0v) is 12.1. The van der Waals surface area contributed by atoms with E-state index in [2.05, 4.69) is 11.6 Å². The van der Waals surface area contributed by atoms with Crippen LogP contribution < -0.4 is 5.73 Å². The van der Waals surface area contributed by atoms with Gasteiger partial charge in [-0.25, -0.2) is 4.98 Å². The van der Waals surface area contributed by atoms with Gasteiger partial charge in [0, 0.05) is 17.0 Å². The molecule has 21 heavy (non-hydrogen) atoms. The third kappa shape index (κ3) is 3.60. The van der Waals surface area contributed by atoms with Gasteiger partial charge in [0.1, 0.15) is 17.3 Å². The van der Waals surface area contributed by atoms with Gasteiger partial charge >= 0.3 is 5.51 Å². The Balaban J connectivity index is 2.31. The molecule has 2 rings (SSSR count). The Labute approximate surface area is 124 Å². The van der Waals surface area contributed by atoms with E-state index in [0.29, 0.717) is 23.6 Å². The third-order valence-corrected chi connectivity index (χ3v) is 3.61. The average Bonchev–Trinajstić information content (AvgIpc) is 2.66. The summed E-state index contributed by atoms with van der Waals surface area (Å²) in [5.41, 5.74) is 2.99. The van der Waals surface area contributed by atoms with Gasteiger partial charge in [0.2, 0.25) is 0 Å². The smallest absolute Gasteiger partial charge is 0.383 e. The predicted octanol–water partition coefficient (Wildman–Crippen LogP) is 4.24. The molecule has 0 radical (unpaired) electrons. The van der Waals surface area contributed by atoms with Crippen LogP contribution in [0, 0.1) is 6.92 Å². The van der Waals surface area contributed by atoms with E-state index in [0.717, 1.165) is 5.82 Å². The largest absolute Gasteiger partial charge is 0.446 e. The fraction of sp³-hybridized carbons (Fsp3) is 0.214. The molecule has 2 aromatic rings. The van der Waals surface area contributed by atoms with Crippen molar-refractivity contribution in [1.29, 1.82) is 0 Å². The van der Waals surface area contributed by atoms with E-state index in [1.807, 2.05) is 6.92 Å². The quantitative estimate of drug-likeness (QED) is 0.678. The van der Waals surface area contributed by atoms with Crippen LogP contribution in [0.3, 0.4) is 0 Å². The summed E-state index contributed by atoms with van der Waals surface area (Å²) in [5, 5.41) is 0. The zero-order chi connectivity index (χ0) is 15.6. The Hall–Kier alpha value is -1.89. The number of alkyl halides is 3. The van der Waals surface area contributed by atoms with Crippen LogP contribution in [-0.4, -0.2) is 15.1 Å². The van der Waals surface area contributed by atoms with Crippen molar-refractivity contribution in [2.24, 2.45) is 0 Å². The lowest BCUT2D eigenvalue weighted by Gasteiger charge is -2.06. The van der Waals surface area contributed by atoms with Gasteiger partial charge in [-0.05, 0) is 30.8 Å². The Morgan fingerprint density at radius 3 is 2.48 bits per heavy atom.